The lowest BCUT2D eigenvalue weighted by Gasteiger charge is -2.35. The number of anilines is 2. The van der Waals surface area contributed by atoms with E-state index in [-0.39, 0.29) is 0 Å². The predicted molar refractivity (Wildman–Crippen MR) is 152 cm³/mol. The molecule has 0 N–H and O–H groups in total. The van der Waals surface area contributed by atoms with E-state index in [0.29, 0.717) is 6.04 Å². The topological polar surface area (TPSA) is 13.1 Å². The van der Waals surface area contributed by atoms with Gasteiger partial charge in [-0.15, -0.1) is 0 Å². The molecule has 36 heavy (non-hydrogen) atoms. The maximum atomic E-state index is 2.49. The number of rotatable bonds is 2. The van der Waals surface area contributed by atoms with E-state index in [2.05, 4.69) is 137 Å². The molecule has 1 aliphatic rings. The van der Waals surface area contributed by atoms with Gasteiger partial charge in [-0.2, -0.15) is 0 Å². The Labute approximate surface area is 209 Å². The van der Waals surface area contributed by atoms with Gasteiger partial charge in [0, 0.05) is 33.3 Å². The van der Waals surface area contributed by atoms with Crippen molar-refractivity contribution < 1.29 is 0 Å². The third kappa shape index (κ3) is 2.37. The summed E-state index contributed by atoms with van der Waals surface area (Å²) in [5.41, 5.74) is 10.0. The average molecular weight is 464 g/mol. The second kappa shape index (κ2) is 7.02. The van der Waals surface area contributed by atoms with E-state index in [4.69, 9.17) is 0 Å². The van der Waals surface area contributed by atoms with Crippen LogP contribution in [0, 0.1) is 0 Å². The van der Waals surface area contributed by atoms with E-state index in [1.165, 1.54) is 66.4 Å². The summed E-state index contributed by atoms with van der Waals surface area (Å²) in [6.07, 6.45) is 0. The summed E-state index contributed by atoms with van der Waals surface area (Å²) in [5.74, 6) is 0. The molecular weight excluding hydrogens is 438 g/mol. The highest BCUT2D eigenvalue weighted by Crippen LogP contribution is 2.49. The average Bonchev–Trinajstić information content (AvgIpc) is 3.43. The van der Waals surface area contributed by atoms with E-state index >= 15 is 0 Å². The van der Waals surface area contributed by atoms with Crippen LogP contribution in [0.25, 0.3) is 55.0 Å². The fourth-order valence-electron chi connectivity index (χ4n) is 6.44. The zero-order valence-corrected chi connectivity index (χ0v) is 20.3. The van der Waals surface area contributed by atoms with E-state index in [0.717, 1.165) is 0 Å². The lowest BCUT2D eigenvalue weighted by molar-refractivity contribution is 0.781. The Hall–Kier alpha value is -4.50. The van der Waals surface area contributed by atoms with Crippen molar-refractivity contribution in [3.63, 3.8) is 0 Å². The van der Waals surface area contributed by atoms with Gasteiger partial charge < -0.3 is 14.0 Å². The molecule has 0 aliphatic carbocycles. The molecule has 7 aromatic rings. The second-order valence-electron chi connectivity index (χ2n) is 10.0. The van der Waals surface area contributed by atoms with Gasteiger partial charge >= 0.3 is 0 Å². The van der Waals surface area contributed by atoms with Crippen molar-refractivity contribution in [2.75, 3.05) is 4.90 Å². The molecule has 0 atom stereocenters. The molecule has 0 bridgehead atoms. The minimum absolute atomic E-state index is 0.350. The van der Waals surface area contributed by atoms with Crippen LogP contribution in [0.3, 0.4) is 0 Å². The third-order valence-electron chi connectivity index (χ3n) is 7.74. The number of nitrogens with zero attached hydrogens (tertiary/aromatic N) is 3. The number of hydrogen-bond donors (Lipinski definition) is 0. The molecule has 2 aromatic heterocycles. The highest BCUT2D eigenvalue weighted by atomic mass is 15.2. The Morgan fingerprint density at radius 1 is 0.472 bits per heavy atom. The minimum atomic E-state index is 0.350. The van der Waals surface area contributed by atoms with Gasteiger partial charge in [-0.25, -0.2) is 0 Å². The van der Waals surface area contributed by atoms with Crippen LogP contribution >= 0.6 is 0 Å². The van der Waals surface area contributed by atoms with Gasteiger partial charge in [0.05, 0.1) is 39.1 Å². The van der Waals surface area contributed by atoms with Gasteiger partial charge in [-0.1, -0.05) is 60.7 Å². The molecule has 3 heteroatoms. The standard InChI is InChI=1S/C33H25N3/c1-21(2)34-26-16-8-9-17-27(26)36-29-20-19-28-31(32(29)24-14-10-18-30(34)33(24)36)23-13-6-7-15-25(23)35(28)22-11-4-3-5-12-22/h3-21H,1-2H3. The van der Waals surface area contributed by atoms with Gasteiger partial charge in [0.2, 0.25) is 0 Å². The molecule has 3 nitrogen and oxygen atoms in total. The van der Waals surface area contributed by atoms with E-state index in [1.807, 2.05) is 0 Å². The quantitative estimate of drug-likeness (QED) is 0.250. The molecule has 5 aromatic carbocycles. The Kier molecular flexibility index (Phi) is 3.85. The van der Waals surface area contributed by atoms with E-state index in [1.54, 1.807) is 0 Å². The van der Waals surface area contributed by atoms with Crippen LogP contribution in [-0.4, -0.2) is 15.2 Å². The van der Waals surface area contributed by atoms with Gasteiger partial charge in [-0.3, -0.25) is 0 Å². The minimum Gasteiger partial charge on any atom is -0.335 e. The number of hydrogen-bond acceptors (Lipinski definition) is 1. The number of para-hydroxylation sites is 5. The molecule has 0 spiro atoms. The van der Waals surface area contributed by atoms with Crippen molar-refractivity contribution in [3.05, 3.63) is 109 Å². The first-order valence-corrected chi connectivity index (χ1v) is 12.7. The maximum absolute atomic E-state index is 2.49. The zero-order chi connectivity index (χ0) is 24.0. The van der Waals surface area contributed by atoms with Crippen LogP contribution in [0.5, 0.6) is 0 Å². The molecule has 0 fully saturated rings. The molecule has 0 radical (unpaired) electrons. The van der Waals surface area contributed by atoms with Gasteiger partial charge in [0.25, 0.3) is 0 Å². The van der Waals surface area contributed by atoms with Crippen molar-refractivity contribution in [1.29, 1.82) is 0 Å². The van der Waals surface area contributed by atoms with Crippen LogP contribution in [0.1, 0.15) is 13.8 Å². The van der Waals surface area contributed by atoms with Crippen molar-refractivity contribution in [3.8, 4) is 11.4 Å². The summed E-state index contributed by atoms with van der Waals surface area (Å²) >= 11 is 0. The first kappa shape index (κ1) is 19.8. The highest BCUT2D eigenvalue weighted by Gasteiger charge is 2.29. The normalized spacial score (nSPS) is 12.9. The fourth-order valence-corrected chi connectivity index (χ4v) is 6.44. The molecule has 1 aliphatic heterocycles. The molecule has 0 unspecified atom stereocenters. The molecular formula is C33H25N3. The maximum Gasteiger partial charge on any atom is 0.0779 e. The van der Waals surface area contributed by atoms with Crippen molar-refractivity contribution in [1.82, 2.24) is 9.13 Å². The van der Waals surface area contributed by atoms with Gasteiger partial charge in [0.15, 0.2) is 0 Å². The third-order valence-corrected chi connectivity index (χ3v) is 7.74. The number of aromatic nitrogens is 2. The van der Waals surface area contributed by atoms with E-state index < -0.39 is 0 Å². The van der Waals surface area contributed by atoms with Crippen LogP contribution in [0.15, 0.2) is 109 Å². The molecule has 8 rings (SSSR count). The fraction of sp³-hybridized carbons (Fsp3) is 0.0909. The Morgan fingerprint density at radius 3 is 1.89 bits per heavy atom. The van der Waals surface area contributed by atoms with Crippen molar-refractivity contribution >= 4 is 55.0 Å². The van der Waals surface area contributed by atoms with Crippen molar-refractivity contribution in [2.45, 2.75) is 19.9 Å². The second-order valence-corrected chi connectivity index (χ2v) is 10.0. The van der Waals surface area contributed by atoms with Crippen LogP contribution in [0.4, 0.5) is 11.4 Å². The summed E-state index contributed by atoms with van der Waals surface area (Å²) in [6.45, 7) is 4.55. The molecule has 0 amide bonds. The summed E-state index contributed by atoms with van der Waals surface area (Å²) < 4.78 is 4.90. The molecule has 172 valence electrons. The van der Waals surface area contributed by atoms with Crippen LogP contribution in [-0.2, 0) is 0 Å². The van der Waals surface area contributed by atoms with Crippen LogP contribution in [0.2, 0.25) is 0 Å². The smallest absolute Gasteiger partial charge is 0.0779 e. The van der Waals surface area contributed by atoms with Gasteiger partial charge in [-0.05, 0) is 62.4 Å². The highest BCUT2D eigenvalue weighted by molar-refractivity contribution is 6.30. The summed E-state index contributed by atoms with van der Waals surface area (Å²) in [6, 6.07) is 40.1. The number of fused-ring (bicyclic) bond motifs is 9. The largest absolute Gasteiger partial charge is 0.335 e. The molecule has 3 heterocycles. The molecule has 0 saturated carbocycles. The summed E-state index contributed by atoms with van der Waals surface area (Å²) in [7, 11) is 0. The van der Waals surface area contributed by atoms with Crippen LogP contribution < -0.4 is 4.90 Å². The lowest BCUT2D eigenvalue weighted by atomic mass is 10.0. The van der Waals surface area contributed by atoms with Crippen molar-refractivity contribution in [2.24, 2.45) is 0 Å². The zero-order valence-electron chi connectivity index (χ0n) is 20.3. The summed E-state index contributed by atoms with van der Waals surface area (Å²) in [5, 5.41) is 5.25. The Bertz CT molecular complexity index is 1970. The first-order chi connectivity index (χ1) is 17.7. The predicted octanol–water partition coefficient (Wildman–Crippen LogP) is 8.74. The molecule has 0 saturated heterocycles. The Balaban J connectivity index is 1.63. The number of benzene rings is 5. The lowest BCUT2D eigenvalue weighted by Crippen LogP contribution is -2.29. The Morgan fingerprint density at radius 2 is 1.08 bits per heavy atom. The SMILES string of the molecule is CC(C)N1c2ccccc2-n2c3ccc4c(c5ccccc5n4-c4ccccc4)c3c3cccc1c32. The first-order valence-electron chi connectivity index (χ1n) is 12.7. The van der Waals surface area contributed by atoms with E-state index in [9.17, 15) is 0 Å². The monoisotopic (exact) mass is 463 g/mol. The van der Waals surface area contributed by atoms with Gasteiger partial charge in [0.1, 0.15) is 0 Å². The summed E-state index contributed by atoms with van der Waals surface area (Å²) in [4.78, 5) is 2.49.